The van der Waals surface area contributed by atoms with Crippen molar-refractivity contribution in [3.8, 4) is 16.9 Å². The molecular weight excluding hydrogens is 256 g/mol. The summed E-state index contributed by atoms with van der Waals surface area (Å²) in [6.07, 6.45) is 6.61. The highest BCUT2D eigenvalue weighted by atomic mass is 16.3. The molecule has 0 aliphatic heterocycles. The Morgan fingerprint density at radius 1 is 0.810 bits per heavy atom. The summed E-state index contributed by atoms with van der Waals surface area (Å²) in [6.45, 7) is 4.58. The Labute approximate surface area is 128 Å². The normalized spacial score (nSPS) is 12.3. The van der Waals surface area contributed by atoms with Crippen molar-refractivity contribution in [3.05, 3.63) is 54.1 Å². The molecule has 1 unspecified atom stereocenters. The van der Waals surface area contributed by atoms with Gasteiger partial charge in [-0.25, -0.2) is 0 Å². The van der Waals surface area contributed by atoms with Crippen LogP contribution in [0.15, 0.2) is 48.5 Å². The lowest BCUT2D eigenvalue weighted by atomic mass is 9.93. The molecule has 0 aliphatic carbocycles. The highest BCUT2D eigenvalue weighted by Crippen LogP contribution is 2.26. The second-order valence-corrected chi connectivity index (χ2v) is 5.92. The van der Waals surface area contributed by atoms with Gasteiger partial charge in [0.25, 0.3) is 0 Å². The molecule has 0 fully saturated rings. The zero-order valence-corrected chi connectivity index (χ0v) is 13.2. The summed E-state index contributed by atoms with van der Waals surface area (Å²) in [6, 6.07) is 16.2. The minimum absolute atomic E-state index is 0.316. The van der Waals surface area contributed by atoms with E-state index in [1.165, 1.54) is 43.2 Å². The Bertz CT molecular complexity index is 525. The van der Waals surface area contributed by atoms with Crippen molar-refractivity contribution < 1.29 is 5.11 Å². The van der Waals surface area contributed by atoms with Crippen molar-refractivity contribution in [3.63, 3.8) is 0 Å². The Morgan fingerprint density at radius 3 is 1.95 bits per heavy atom. The molecule has 0 amide bonds. The van der Waals surface area contributed by atoms with Gasteiger partial charge >= 0.3 is 0 Å². The highest BCUT2D eigenvalue weighted by molar-refractivity contribution is 5.64. The van der Waals surface area contributed by atoms with Gasteiger partial charge in [0.1, 0.15) is 5.75 Å². The third kappa shape index (κ3) is 4.63. The molecule has 0 heterocycles. The molecule has 0 saturated heterocycles. The largest absolute Gasteiger partial charge is 0.508 e. The van der Waals surface area contributed by atoms with Gasteiger partial charge in [-0.3, -0.25) is 0 Å². The predicted octanol–water partition coefficient (Wildman–Crippen LogP) is 6.13. The third-order valence-electron chi connectivity index (χ3n) is 4.17. The van der Waals surface area contributed by atoms with Crippen molar-refractivity contribution in [1.82, 2.24) is 0 Å². The van der Waals surface area contributed by atoms with Gasteiger partial charge in [-0.1, -0.05) is 75.9 Å². The smallest absolute Gasteiger partial charge is 0.115 e. The number of hydrogen-bond donors (Lipinski definition) is 1. The Balaban J connectivity index is 1.96. The van der Waals surface area contributed by atoms with Gasteiger partial charge in [-0.05, 0) is 41.2 Å². The molecule has 0 aliphatic rings. The molecule has 1 atom stereocenters. The maximum Gasteiger partial charge on any atom is 0.115 e. The van der Waals surface area contributed by atoms with Gasteiger partial charge < -0.3 is 5.11 Å². The molecule has 0 radical (unpaired) electrons. The number of aromatic hydroxyl groups is 1. The van der Waals surface area contributed by atoms with Gasteiger partial charge in [0, 0.05) is 0 Å². The molecular formula is C20H26O. The molecule has 1 N–H and O–H groups in total. The molecule has 2 rings (SSSR count). The highest BCUT2D eigenvalue weighted by Gasteiger charge is 2.06. The van der Waals surface area contributed by atoms with Crippen LogP contribution < -0.4 is 0 Å². The van der Waals surface area contributed by atoms with E-state index in [9.17, 15) is 5.11 Å². The van der Waals surface area contributed by atoms with E-state index in [4.69, 9.17) is 0 Å². The Morgan fingerprint density at radius 2 is 1.38 bits per heavy atom. The number of hydrogen-bond acceptors (Lipinski definition) is 1. The zero-order valence-electron chi connectivity index (χ0n) is 13.2. The lowest BCUT2D eigenvalue weighted by Crippen LogP contribution is -1.93. The van der Waals surface area contributed by atoms with Crippen LogP contribution in [0.25, 0.3) is 11.1 Å². The van der Waals surface area contributed by atoms with Gasteiger partial charge in [0.15, 0.2) is 0 Å². The minimum atomic E-state index is 0.316. The first-order chi connectivity index (χ1) is 10.2. The lowest BCUT2D eigenvalue weighted by Gasteiger charge is -2.12. The molecule has 2 aromatic carbocycles. The van der Waals surface area contributed by atoms with E-state index >= 15 is 0 Å². The molecule has 0 saturated carbocycles. The number of benzene rings is 2. The van der Waals surface area contributed by atoms with E-state index in [1.54, 1.807) is 12.1 Å². The lowest BCUT2D eigenvalue weighted by molar-refractivity contribution is 0.475. The van der Waals surface area contributed by atoms with Crippen molar-refractivity contribution in [2.24, 2.45) is 0 Å². The van der Waals surface area contributed by atoms with Gasteiger partial charge in [0.2, 0.25) is 0 Å². The van der Waals surface area contributed by atoms with Crippen LogP contribution in [-0.4, -0.2) is 5.11 Å². The monoisotopic (exact) mass is 282 g/mol. The van der Waals surface area contributed by atoms with E-state index in [2.05, 4.69) is 38.1 Å². The SMILES string of the molecule is CCCCCCC(C)c1ccc(-c2ccc(O)cc2)cc1. The van der Waals surface area contributed by atoms with Gasteiger partial charge in [0.05, 0.1) is 0 Å². The van der Waals surface area contributed by atoms with Crippen LogP contribution in [-0.2, 0) is 0 Å². The van der Waals surface area contributed by atoms with Crippen molar-refractivity contribution in [1.29, 1.82) is 0 Å². The van der Waals surface area contributed by atoms with E-state index in [-0.39, 0.29) is 0 Å². The summed E-state index contributed by atoms with van der Waals surface area (Å²) in [4.78, 5) is 0. The molecule has 112 valence electrons. The summed E-state index contributed by atoms with van der Waals surface area (Å²) in [5.74, 6) is 0.951. The van der Waals surface area contributed by atoms with E-state index in [0.717, 1.165) is 5.56 Å². The van der Waals surface area contributed by atoms with E-state index in [0.29, 0.717) is 11.7 Å². The maximum atomic E-state index is 9.34. The first kappa shape index (κ1) is 15.6. The summed E-state index contributed by atoms with van der Waals surface area (Å²) >= 11 is 0. The average Bonchev–Trinajstić information content (AvgIpc) is 2.52. The molecule has 1 nitrogen and oxygen atoms in total. The fraction of sp³-hybridized carbons (Fsp3) is 0.400. The topological polar surface area (TPSA) is 20.2 Å². The number of phenolic OH excluding ortho intramolecular Hbond substituents is 1. The third-order valence-corrected chi connectivity index (χ3v) is 4.17. The van der Waals surface area contributed by atoms with Crippen molar-refractivity contribution in [2.45, 2.75) is 51.9 Å². The molecule has 0 spiro atoms. The second kappa shape index (κ2) is 7.87. The molecule has 0 bridgehead atoms. The van der Waals surface area contributed by atoms with Crippen LogP contribution in [0.5, 0.6) is 5.75 Å². The number of phenols is 1. The number of rotatable bonds is 7. The quantitative estimate of drug-likeness (QED) is 0.605. The Hall–Kier alpha value is -1.76. The fourth-order valence-corrected chi connectivity index (χ4v) is 2.70. The standard InChI is InChI=1S/C20H26O/c1-3-4-5-6-7-16(2)17-8-10-18(11-9-17)19-12-14-20(21)15-13-19/h8-16,21H,3-7H2,1-2H3. The summed E-state index contributed by atoms with van der Waals surface area (Å²) in [5, 5.41) is 9.34. The van der Waals surface area contributed by atoms with Gasteiger partial charge in [-0.15, -0.1) is 0 Å². The van der Waals surface area contributed by atoms with Crippen molar-refractivity contribution >= 4 is 0 Å². The first-order valence-corrected chi connectivity index (χ1v) is 8.10. The molecule has 1 heteroatoms. The van der Waals surface area contributed by atoms with Gasteiger partial charge in [-0.2, -0.15) is 0 Å². The first-order valence-electron chi connectivity index (χ1n) is 8.10. The van der Waals surface area contributed by atoms with Crippen LogP contribution in [0.4, 0.5) is 0 Å². The predicted molar refractivity (Wildman–Crippen MR) is 90.7 cm³/mol. The van der Waals surface area contributed by atoms with Crippen LogP contribution in [0, 0.1) is 0 Å². The Kier molecular flexibility index (Phi) is 5.86. The van der Waals surface area contributed by atoms with Crippen LogP contribution >= 0.6 is 0 Å². The maximum absolute atomic E-state index is 9.34. The second-order valence-electron chi connectivity index (χ2n) is 5.92. The summed E-state index contributed by atoms with van der Waals surface area (Å²) in [7, 11) is 0. The molecule has 2 aromatic rings. The zero-order chi connectivity index (χ0) is 15.1. The van der Waals surface area contributed by atoms with Crippen molar-refractivity contribution in [2.75, 3.05) is 0 Å². The minimum Gasteiger partial charge on any atom is -0.508 e. The van der Waals surface area contributed by atoms with E-state index in [1.807, 2.05) is 12.1 Å². The van der Waals surface area contributed by atoms with Crippen LogP contribution in [0.2, 0.25) is 0 Å². The molecule has 21 heavy (non-hydrogen) atoms. The molecule has 0 aromatic heterocycles. The number of unbranched alkanes of at least 4 members (excludes halogenated alkanes) is 3. The van der Waals surface area contributed by atoms with Crippen LogP contribution in [0.3, 0.4) is 0 Å². The fourth-order valence-electron chi connectivity index (χ4n) is 2.70. The van der Waals surface area contributed by atoms with E-state index < -0.39 is 0 Å². The van der Waals surface area contributed by atoms with Crippen LogP contribution in [0.1, 0.15) is 57.4 Å². The average molecular weight is 282 g/mol. The summed E-state index contributed by atoms with van der Waals surface area (Å²) in [5.41, 5.74) is 3.78. The summed E-state index contributed by atoms with van der Waals surface area (Å²) < 4.78 is 0.